The molecule has 0 unspecified atom stereocenters. The Kier molecular flexibility index (Phi) is 5.47. The first kappa shape index (κ1) is 20.0. The molecule has 4 nitrogen and oxygen atoms in total. The molecule has 0 aromatic heterocycles. The third-order valence-corrected chi connectivity index (χ3v) is 5.73. The third kappa shape index (κ3) is 4.93. The van der Waals surface area contributed by atoms with E-state index >= 15 is 0 Å². The van der Waals surface area contributed by atoms with Crippen molar-refractivity contribution in [2.75, 3.05) is 0 Å². The first-order valence-electron chi connectivity index (χ1n) is 9.02. The van der Waals surface area contributed by atoms with E-state index in [9.17, 15) is 8.42 Å². The van der Waals surface area contributed by atoms with Gasteiger partial charge in [-0.15, -0.1) is 0 Å². The molecule has 0 aliphatic rings. The molecule has 5 heteroatoms. The standard InChI is InChI=1S/C23H24O4S/c1-17-5-13-21(14-6-17)28(24,25)22-15-11-19(12-16-22)26-18-7-9-20(10-8-18)27-23(2,3)4/h5-16H,1-4H3. The topological polar surface area (TPSA) is 52.6 Å². The summed E-state index contributed by atoms with van der Waals surface area (Å²) in [6.45, 7) is 7.89. The fourth-order valence-corrected chi connectivity index (χ4v) is 3.87. The van der Waals surface area contributed by atoms with Crippen molar-refractivity contribution in [2.45, 2.75) is 43.1 Å². The number of sulfone groups is 1. The van der Waals surface area contributed by atoms with Gasteiger partial charge in [0, 0.05) is 0 Å². The maximum atomic E-state index is 12.7. The van der Waals surface area contributed by atoms with E-state index < -0.39 is 9.84 Å². The van der Waals surface area contributed by atoms with E-state index in [2.05, 4.69) is 0 Å². The van der Waals surface area contributed by atoms with Crippen molar-refractivity contribution in [2.24, 2.45) is 0 Å². The van der Waals surface area contributed by atoms with Gasteiger partial charge in [-0.1, -0.05) is 17.7 Å². The molecule has 28 heavy (non-hydrogen) atoms. The molecule has 0 bridgehead atoms. The highest BCUT2D eigenvalue weighted by Crippen LogP contribution is 2.28. The van der Waals surface area contributed by atoms with Gasteiger partial charge in [-0.25, -0.2) is 8.42 Å². The number of rotatable bonds is 5. The highest BCUT2D eigenvalue weighted by Gasteiger charge is 2.17. The highest BCUT2D eigenvalue weighted by atomic mass is 32.2. The summed E-state index contributed by atoms with van der Waals surface area (Å²) in [6, 6.07) is 20.6. The van der Waals surface area contributed by atoms with Crippen molar-refractivity contribution in [1.29, 1.82) is 0 Å². The molecule has 0 amide bonds. The van der Waals surface area contributed by atoms with Crippen LogP contribution < -0.4 is 9.47 Å². The Labute approximate surface area is 166 Å². The average molecular weight is 397 g/mol. The van der Waals surface area contributed by atoms with E-state index in [-0.39, 0.29) is 15.4 Å². The van der Waals surface area contributed by atoms with Crippen LogP contribution in [0.4, 0.5) is 0 Å². The molecule has 0 N–H and O–H groups in total. The summed E-state index contributed by atoms with van der Waals surface area (Å²) >= 11 is 0. The van der Waals surface area contributed by atoms with E-state index in [1.165, 1.54) is 0 Å². The second-order valence-corrected chi connectivity index (χ2v) is 9.53. The molecule has 0 saturated heterocycles. The van der Waals surface area contributed by atoms with E-state index in [0.717, 1.165) is 11.3 Å². The summed E-state index contributed by atoms with van der Waals surface area (Å²) in [6.07, 6.45) is 0. The van der Waals surface area contributed by atoms with Gasteiger partial charge in [0.15, 0.2) is 0 Å². The maximum absolute atomic E-state index is 12.7. The Morgan fingerprint density at radius 3 is 1.50 bits per heavy atom. The lowest BCUT2D eigenvalue weighted by Crippen LogP contribution is -2.22. The minimum Gasteiger partial charge on any atom is -0.488 e. The van der Waals surface area contributed by atoms with Gasteiger partial charge in [-0.3, -0.25) is 0 Å². The summed E-state index contributed by atoms with van der Waals surface area (Å²) in [5.74, 6) is 1.97. The Balaban J connectivity index is 1.73. The molecular weight excluding hydrogens is 372 g/mol. The van der Waals surface area contributed by atoms with Crippen LogP contribution in [0.5, 0.6) is 17.2 Å². The fraction of sp³-hybridized carbons (Fsp3) is 0.217. The molecule has 0 aliphatic heterocycles. The van der Waals surface area contributed by atoms with Gasteiger partial charge in [-0.2, -0.15) is 0 Å². The minimum atomic E-state index is -3.54. The van der Waals surface area contributed by atoms with Crippen molar-refractivity contribution in [3.63, 3.8) is 0 Å². The van der Waals surface area contributed by atoms with Crippen molar-refractivity contribution >= 4 is 9.84 Å². The van der Waals surface area contributed by atoms with Crippen molar-refractivity contribution in [3.05, 3.63) is 78.4 Å². The van der Waals surface area contributed by atoms with Crippen LogP contribution in [0, 0.1) is 6.92 Å². The summed E-state index contributed by atoms with van der Waals surface area (Å²) in [5.41, 5.74) is 0.753. The van der Waals surface area contributed by atoms with Gasteiger partial charge >= 0.3 is 0 Å². The molecule has 0 saturated carbocycles. The number of hydrogen-bond acceptors (Lipinski definition) is 4. The Morgan fingerprint density at radius 2 is 1.04 bits per heavy atom. The quantitative estimate of drug-likeness (QED) is 0.547. The van der Waals surface area contributed by atoms with Crippen molar-refractivity contribution < 1.29 is 17.9 Å². The zero-order valence-electron chi connectivity index (χ0n) is 16.5. The number of ether oxygens (including phenoxy) is 2. The zero-order chi connectivity index (χ0) is 20.4. The van der Waals surface area contributed by atoms with Gasteiger partial charge in [0.05, 0.1) is 9.79 Å². The SMILES string of the molecule is Cc1ccc(S(=O)(=O)c2ccc(Oc3ccc(OC(C)(C)C)cc3)cc2)cc1. The number of aryl methyl sites for hydroxylation is 1. The Morgan fingerprint density at radius 1 is 0.643 bits per heavy atom. The molecule has 3 aromatic rings. The molecule has 0 aliphatic carbocycles. The highest BCUT2D eigenvalue weighted by molar-refractivity contribution is 7.91. The molecule has 0 radical (unpaired) electrons. The first-order chi connectivity index (χ1) is 13.1. The summed E-state index contributed by atoms with van der Waals surface area (Å²) in [4.78, 5) is 0.513. The minimum absolute atomic E-state index is 0.234. The van der Waals surface area contributed by atoms with Crippen LogP contribution in [0.1, 0.15) is 26.3 Å². The molecule has 3 aromatic carbocycles. The molecule has 3 rings (SSSR count). The van der Waals surface area contributed by atoms with Crippen LogP contribution in [0.3, 0.4) is 0 Å². The van der Waals surface area contributed by atoms with Gasteiger partial charge < -0.3 is 9.47 Å². The first-order valence-corrected chi connectivity index (χ1v) is 10.5. The van der Waals surface area contributed by atoms with Crippen LogP contribution in [-0.2, 0) is 9.84 Å². The zero-order valence-corrected chi connectivity index (χ0v) is 17.3. The second-order valence-electron chi connectivity index (χ2n) is 7.58. The largest absolute Gasteiger partial charge is 0.488 e. The smallest absolute Gasteiger partial charge is 0.206 e. The lowest BCUT2D eigenvalue weighted by Gasteiger charge is -2.21. The number of hydrogen-bond donors (Lipinski definition) is 0. The summed E-state index contributed by atoms with van der Waals surface area (Å²) in [7, 11) is -3.54. The van der Waals surface area contributed by atoms with Gasteiger partial charge in [0.1, 0.15) is 22.8 Å². The van der Waals surface area contributed by atoms with Gasteiger partial charge in [-0.05, 0) is 88.4 Å². The predicted molar refractivity (Wildman–Crippen MR) is 110 cm³/mol. The Hall–Kier alpha value is -2.79. The third-order valence-electron chi connectivity index (χ3n) is 3.95. The van der Waals surface area contributed by atoms with E-state index in [4.69, 9.17) is 9.47 Å². The van der Waals surface area contributed by atoms with E-state index in [0.29, 0.717) is 11.5 Å². The predicted octanol–water partition coefficient (Wildman–Crippen LogP) is 5.80. The number of benzene rings is 3. The normalized spacial score (nSPS) is 11.9. The molecular formula is C23H24O4S. The monoisotopic (exact) mass is 396 g/mol. The van der Waals surface area contributed by atoms with Crippen molar-refractivity contribution in [3.8, 4) is 17.2 Å². The van der Waals surface area contributed by atoms with Crippen LogP contribution in [0.15, 0.2) is 82.6 Å². The van der Waals surface area contributed by atoms with E-state index in [1.54, 1.807) is 48.5 Å². The average Bonchev–Trinajstić information content (AvgIpc) is 2.63. The molecule has 0 heterocycles. The van der Waals surface area contributed by atoms with E-state index in [1.807, 2.05) is 52.0 Å². The lowest BCUT2D eigenvalue weighted by atomic mass is 10.2. The van der Waals surface area contributed by atoms with Crippen molar-refractivity contribution in [1.82, 2.24) is 0 Å². The van der Waals surface area contributed by atoms with Gasteiger partial charge in [0.2, 0.25) is 9.84 Å². The maximum Gasteiger partial charge on any atom is 0.206 e. The van der Waals surface area contributed by atoms with Crippen LogP contribution >= 0.6 is 0 Å². The van der Waals surface area contributed by atoms with Crippen LogP contribution in [0.2, 0.25) is 0 Å². The molecule has 0 atom stereocenters. The summed E-state index contributed by atoms with van der Waals surface area (Å²) < 4.78 is 37.0. The van der Waals surface area contributed by atoms with Crippen LogP contribution in [-0.4, -0.2) is 14.0 Å². The van der Waals surface area contributed by atoms with Gasteiger partial charge in [0.25, 0.3) is 0 Å². The molecule has 146 valence electrons. The Bertz CT molecular complexity index is 1030. The molecule has 0 spiro atoms. The van der Waals surface area contributed by atoms with Crippen LogP contribution in [0.25, 0.3) is 0 Å². The lowest BCUT2D eigenvalue weighted by molar-refractivity contribution is 0.131. The fourth-order valence-electron chi connectivity index (χ4n) is 2.61. The second kappa shape index (κ2) is 7.68. The summed E-state index contributed by atoms with van der Waals surface area (Å²) in [5, 5.41) is 0. The molecule has 0 fully saturated rings.